The molecule has 1 aromatic carbocycles. The van der Waals surface area contributed by atoms with Crippen LogP contribution >= 0.6 is 0 Å². The van der Waals surface area contributed by atoms with Crippen LogP contribution in [0.2, 0.25) is 0 Å². The Morgan fingerprint density at radius 1 is 1.07 bits per heavy atom. The van der Waals surface area contributed by atoms with Gasteiger partial charge in [0, 0.05) is 39.3 Å². The van der Waals surface area contributed by atoms with Gasteiger partial charge in [0.25, 0.3) is 0 Å². The van der Waals surface area contributed by atoms with Crippen LogP contribution in [0.15, 0.2) is 36.4 Å². The Balaban J connectivity index is 1.53. The molecule has 1 atom stereocenters. The Labute approximate surface area is 178 Å². The number of likely N-dealkylation sites (tertiary alicyclic amines) is 2. The van der Waals surface area contributed by atoms with E-state index in [0.717, 1.165) is 31.7 Å². The highest BCUT2D eigenvalue weighted by Gasteiger charge is 2.27. The summed E-state index contributed by atoms with van der Waals surface area (Å²) in [4.78, 5) is 7.98. The quantitative estimate of drug-likeness (QED) is 0.563. The summed E-state index contributed by atoms with van der Waals surface area (Å²) in [5.74, 6) is 0.829. The molecule has 0 aromatic heterocycles. The number of hydrogen-bond acceptors (Lipinski definition) is 4. The molecule has 0 spiro atoms. The molecule has 0 radical (unpaired) electrons. The van der Waals surface area contributed by atoms with Gasteiger partial charge in [-0.25, -0.2) is 0 Å². The van der Waals surface area contributed by atoms with E-state index < -0.39 is 0 Å². The third-order valence-corrected chi connectivity index (χ3v) is 6.68. The van der Waals surface area contributed by atoms with Crippen molar-refractivity contribution in [1.82, 2.24) is 14.7 Å². The minimum absolute atomic E-state index is 0.743. The molecular weight excluding hydrogens is 358 g/mol. The first-order chi connectivity index (χ1) is 14.3. The molecule has 162 valence electrons. The first kappa shape index (κ1) is 22.5. The second kappa shape index (κ2) is 12.5. The Bertz CT molecular complexity index is 583. The van der Waals surface area contributed by atoms with Gasteiger partial charge in [0.2, 0.25) is 0 Å². The summed E-state index contributed by atoms with van der Waals surface area (Å²) in [6, 6.07) is 11.4. The van der Waals surface area contributed by atoms with Crippen LogP contribution in [0, 0.1) is 5.92 Å². The standard InChI is InChI=1S/C25H41N3O/c1-3-28-16-8-12-25(28)22-27(15-7-11-23-9-5-4-6-10-23)21-24-13-17-26(18-14-24)19-20-29-2/h4-7,9-11,24-25H,3,8,12-22H2,1-2H3/b11-7+. The maximum atomic E-state index is 5.25. The zero-order chi connectivity index (χ0) is 20.3. The molecule has 2 heterocycles. The van der Waals surface area contributed by atoms with Crippen LogP contribution in [-0.2, 0) is 4.74 Å². The molecule has 2 aliphatic rings. The van der Waals surface area contributed by atoms with Crippen molar-refractivity contribution in [3.05, 3.63) is 42.0 Å². The Kier molecular flexibility index (Phi) is 9.68. The average molecular weight is 400 g/mol. The molecule has 0 bridgehead atoms. The van der Waals surface area contributed by atoms with Gasteiger partial charge in [0.15, 0.2) is 0 Å². The molecule has 1 aromatic rings. The summed E-state index contributed by atoms with van der Waals surface area (Å²) in [7, 11) is 1.80. The highest BCUT2D eigenvalue weighted by atomic mass is 16.5. The summed E-state index contributed by atoms with van der Waals surface area (Å²) in [5, 5.41) is 0. The SMILES string of the molecule is CCN1CCCC1CN(C/C=C/c1ccccc1)CC1CCN(CCOC)CC1. The molecule has 0 N–H and O–H groups in total. The predicted molar refractivity (Wildman–Crippen MR) is 123 cm³/mol. The van der Waals surface area contributed by atoms with Gasteiger partial charge in [-0.1, -0.05) is 49.4 Å². The van der Waals surface area contributed by atoms with Gasteiger partial charge in [0.1, 0.15) is 0 Å². The highest BCUT2D eigenvalue weighted by molar-refractivity contribution is 5.48. The van der Waals surface area contributed by atoms with E-state index in [1.165, 1.54) is 70.5 Å². The van der Waals surface area contributed by atoms with Gasteiger partial charge >= 0.3 is 0 Å². The number of nitrogens with zero attached hydrogens (tertiary/aromatic N) is 3. The zero-order valence-corrected chi connectivity index (χ0v) is 18.6. The Morgan fingerprint density at radius 3 is 2.59 bits per heavy atom. The number of benzene rings is 1. The smallest absolute Gasteiger partial charge is 0.0589 e. The highest BCUT2D eigenvalue weighted by Crippen LogP contribution is 2.22. The van der Waals surface area contributed by atoms with Crippen LogP contribution in [0.4, 0.5) is 0 Å². The lowest BCUT2D eigenvalue weighted by atomic mass is 9.96. The lowest BCUT2D eigenvalue weighted by molar-refractivity contribution is 0.102. The van der Waals surface area contributed by atoms with E-state index in [0.29, 0.717) is 0 Å². The van der Waals surface area contributed by atoms with Gasteiger partial charge in [0.05, 0.1) is 6.61 Å². The topological polar surface area (TPSA) is 19.0 Å². The van der Waals surface area contributed by atoms with Crippen molar-refractivity contribution in [3.8, 4) is 0 Å². The molecule has 0 saturated carbocycles. The maximum absolute atomic E-state index is 5.25. The number of piperidine rings is 1. The van der Waals surface area contributed by atoms with Gasteiger partial charge in [-0.2, -0.15) is 0 Å². The van der Waals surface area contributed by atoms with E-state index in [-0.39, 0.29) is 0 Å². The minimum atomic E-state index is 0.743. The fourth-order valence-corrected chi connectivity index (χ4v) is 4.92. The molecule has 2 saturated heterocycles. The molecule has 2 aliphatic heterocycles. The monoisotopic (exact) mass is 399 g/mol. The van der Waals surface area contributed by atoms with Crippen molar-refractivity contribution in [2.24, 2.45) is 5.92 Å². The van der Waals surface area contributed by atoms with Gasteiger partial charge in [-0.05, 0) is 63.3 Å². The Morgan fingerprint density at radius 2 is 1.86 bits per heavy atom. The first-order valence-electron chi connectivity index (χ1n) is 11.7. The van der Waals surface area contributed by atoms with E-state index in [1.54, 1.807) is 7.11 Å². The molecular formula is C25H41N3O. The molecule has 4 nitrogen and oxygen atoms in total. The minimum Gasteiger partial charge on any atom is -0.383 e. The van der Waals surface area contributed by atoms with Gasteiger partial charge in [-0.15, -0.1) is 0 Å². The normalized spacial score (nSPS) is 22.2. The van der Waals surface area contributed by atoms with Crippen LogP contribution in [0.25, 0.3) is 6.08 Å². The molecule has 4 heteroatoms. The third-order valence-electron chi connectivity index (χ3n) is 6.68. The summed E-state index contributed by atoms with van der Waals surface area (Å²) >= 11 is 0. The second-order valence-corrected chi connectivity index (χ2v) is 8.73. The number of hydrogen-bond donors (Lipinski definition) is 0. The fraction of sp³-hybridized carbons (Fsp3) is 0.680. The van der Waals surface area contributed by atoms with Crippen molar-refractivity contribution in [3.63, 3.8) is 0 Å². The number of methoxy groups -OCH3 is 1. The molecule has 3 rings (SSSR count). The van der Waals surface area contributed by atoms with Crippen LogP contribution in [0.1, 0.15) is 38.2 Å². The molecule has 2 fully saturated rings. The van der Waals surface area contributed by atoms with Crippen LogP contribution in [-0.4, -0.2) is 86.8 Å². The van der Waals surface area contributed by atoms with E-state index in [2.05, 4.69) is 64.1 Å². The molecule has 0 amide bonds. The summed E-state index contributed by atoms with van der Waals surface area (Å²) in [6.45, 7) is 12.7. The average Bonchev–Trinajstić information content (AvgIpc) is 3.21. The van der Waals surface area contributed by atoms with E-state index >= 15 is 0 Å². The lowest BCUT2D eigenvalue weighted by Crippen LogP contribution is -2.44. The molecule has 29 heavy (non-hydrogen) atoms. The van der Waals surface area contributed by atoms with E-state index in [9.17, 15) is 0 Å². The lowest BCUT2D eigenvalue weighted by Gasteiger charge is -2.36. The van der Waals surface area contributed by atoms with Crippen molar-refractivity contribution in [1.29, 1.82) is 0 Å². The predicted octanol–water partition coefficient (Wildman–Crippen LogP) is 3.84. The van der Waals surface area contributed by atoms with Gasteiger partial charge in [-0.3, -0.25) is 9.80 Å². The van der Waals surface area contributed by atoms with E-state index in [1.807, 2.05) is 0 Å². The number of rotatable bonds is 11. The van der Waals surface area contributed by atoms with Crippen molar-refractivity contribution < 1.29 is 4.74 Å². The summed E-state index contributed by atoms with van der Waals surface area (Å²) < 4.78 is 5.25. The fourth-order valence-electron chi connectivity index (χ4n) is 4.92. The third kappa shape index (κ3) is 7.53. The largest absolute Gasteiger partial charge is 0.383 e. The van der Waals surface area contributed by atoms with Crippen LogP contribution in [0.5, 0.6) is 0 Å². The number of ether oxygens (including phenoxy) is 1. The molecule has 0 aliphatic carbocycles. The van der Waals surface area contributed by atoms with Crippen LogP contribution in [0.3, 0.4) is 0 Å². The van der Waals surface area contributed by atoms with Crippen molar-refractivity contribution in [2.75, 3.05) is 66.1 Å². The van der Waals surface area contributed by atoms with Crippen molar-refractivity contribution >= 4 is 6.08 Å². The number of likely N-dealkylation sites (N-methyl/N-ethyl adjacent to an activating group) is 1. The second-order valence-electron chi connectivity index (χ2n) is 8.73. The molecule has 1 unspecified atom stereocenters. The van der Waals surface area contributed by atoms with Crippen molar-refractivity contribution in [2.45, 2.75) is 38.6 Å². The maximum Gasteiger partial charge on any atom is 0.0589 e. The van der Waals surface area contributed by atoms with Gasteiger partial charge < -0.3 is 9.64 Å². The van der Waals surface area contributed by atoms with E-state index in [4.69, 9.17) is 4.74 Å². The first-order valence-corrected chi connectivity index (χ1v) is 11.7. The Hall–Kier alpha value is -1.20. The van der Waals surface area contributed by atoms with Crippen LogP contribution < -0.4 is 0 Å². The zero-order valence-electron chi connectivity index (χ0n) is 18.6. The summed E-state index contributed by atoms with van der Waals surface area (Å²) in [5.41, 5.74) is 1.30. The summed E-state index contributed by atoms with van der Waals surface area (Å²) in [6.07, 6.45) is 10.0.